The summed E-state index contributed by atoms with van der Waals surface area (Å²) in [6.07, 6.45) is 2.97. The van der Waals surface area contributed by atoms with E-state index in [9.17, 15) is 9.59 Å². The van der Waals surface area contributed by atoms with Crippen molar-refractivity contribution in [3.05, 3.63) is 96.7 Å². The summed E-state index contributed by atoms with van der Waals surface area (Å²) in [5.74, 6) is 5.46. The first-order chi connectivity index (χ1) is 19.1. The van der Waals surface area contributed by atoms with Gasteiger partial charge in [0, 0.05) is 48.9 Å². The largest absolute Gasteiger partial charge is 0.379 e. The van der Waals surface area contributed by atoms with E-state index in [0.29, 0.717) is 41.4 Å². The van der Waals surface area contributed by atoms with E-state index >= 15 is 0 Å². The van der Waals surface area contributed by atoms with E-state index in [1.807, 2.05) is 43.3 Å². The fourth-order valence-corrected chi connectivity index (χ4v) is 4.73. The molecule has 0 aliphatic carbocycles. The maximum Gasteiger partial charge on any atom is 0.254 e. The number of morpholine rings is 1. The number of carbonyl (C=O) groups excluding carboxylic acids is 1. The number of hydrogen-bond acceptors (Lipinski definition) is 5. The van der Waals surface area contributed by atoms with Crippen LogP contribution in [0.3, 0.4) is 0 Å². The molecule has 11 heteroatoms. The number of aromatic nitrogens is 3. The zero-order valence-electron chi connectivity index (χ0n) is 22.1. The molecule has 2 aromatic carbocycles. The summed E-state index contributed by atoms with van der Waals surface area (Å²) in [6.45, 7) is 5.90. The van der Waals surface area contributed by atoms with Crippen LogP contribution in [0.1, 0.15) is 27.0 Å². The van der Waals surface area contributed by atoms with Crippen molar-refractivity contribution in [3.8, 4) is 11.8 Å². The van der Waals surface area contributed by atoms with Crippen LogP contribution in [0.4, 0.5) is 0 Å². The maximum absolute atomic E-state index is 13.0. The summed E-state index contributed by atoms with van der Waals surface area (Å²) >= 11 is 17.6. The predicted molar refractivity (Wildman–Crippen MR) is 159 cm³/mol. The van der Waals surface area contributed by atoms with Gasteiger partial charge in [-0.25, -0.2) is 4.98 Å². The quantitative estimate of drug-likeness (QED) is 0.344. The fraction of sp³-hybridized carbons (Fsp3) is 0.276. The summed E-state index contributed by atoms with van der Waals surface area (Å²) in [5.41, 5.74) is 8.44. The van der Waals surface area contributed by atoms with Gasteiger partial charge in [-0.3, -0.25) is 14.5 Å². The molecule has 0 bridgehead atoms. The first-order valence-electron chi connectivity index (χ1n) is 12.5. The predicted octanol–water partition coefficient (Wildman–Crippen LogP) is 4.67. The van der Waals surface area contributed by atoms with Crippen molar-refractivity contribution < 1.29 is 9.53 Å². The molecule has 1 saturated heterocycles. The summed E-state index contributed by atoms with van der Waals surface area (Å²) < 4.78 is 8.75. The second-order valence-corrected chi connectivity index (χ2v) is 10.5. The van der Waals surface area contributed by atoms with E-state index in [0.717, 1.165) is 23.7 Å². The molecule has 4 aromatic rings. The molecule has 5 rings (SSSR count). The summed E-state index contributed by atoms with van der Waals surface area (Å²) in [6, 6.07) is 11.5. The third-order valence-electron chi connectivity index (χ3n) is 6.33. The third-order valence-corrected chi connectivity index (χ3v) is 7.35. The molecule has 0 spiro atoms. The van der Waals surface area contributed by atoms with E-state index in [-0.39, 0.29) is 17.3 Å². The Balaban J connectivity index is 0.000000398. The van der Waals surface area contributed by atoms with Gasteiger partial charge in [0.25, 0.3) is 5.91 Å². The van der Waals surface area contributed by atoms with Gasteiger partial charge >= 0.3 is 0 Å². The van der Waals surface area contributed by atoms with Gasteiger partial charge in [0.2, 0.25) is 5.43 Å². The van der Waals surface area contributed by atoms with E-state index < -0.39 is 11.3 Å². The Bertz CT molecular complexity index is 1630. The molecule has 1 amide bonds. The molecule has 0 unspecified atom stereocenters. The number of ether oxygens (including phenoxy) is 1. The molecule has 1 aliphatic rings. The Kier molecular flexibility index (Phi) is 9.90. The molecule has 2 N–H and O–H groups in total. The molecule has 2 aromatic heterocycles. The van der Waals surface area contributed by atoms with E-state index in [1.54, 1.807) is 16.2 Å². The average molecular weight is 601 g/mol. The molecule has 0 saturated carbocycles. The highest BCUT2D eigenvalue weighted by Gasteiger charge is 2.17. The topological polar surface area (TPSA) is 95.4 Å². The van der Waals surface area contributed by atoms with Crippen molar-refractivity contribution in [2.45, 2.75) is 20.0 Å². The lowest BCUT2D eigenvalue weighted by Gasteiger charge is -2.26. The zero-order chi connectivity index (χ0) is 28.8. The number of nitrogens with zero attached hydrogens (tertiary/aromatic N) is 4. The Morgan fingerprint density at radius 1 is 1.12 bits per heavy atom. The Morgan fingerprint density at radius 2 is 1.82 bits per heavy atom. The molecular weight excluding hydrogens is 573 g/mol. The molecule has 0 radical (unpaired) electrons. The molecule has 3 heterocycles. The van der Waals surface area contributed by atoms with Crippen molar-refractivity contribution in [2.75, 3.05) is 26.3 Å². The van der Waals surface area contributed by atoms with Gasteiger partial charge in [-0.2, -0.15) is 0 Å². The lowest BCUT2D eigenvalue weighted by molar-refractivity contribution is 0.0342. The first kappa shape index (κ1) is 29.7. The van der Waals surface area contributed by atoms with Crippen molar-refractivity contribution >= 4 is 51.6 Å². The van der Waals surface area contributed by atoms with Crippen LogP contribution in [-0.4, -0.2) is 51.2 Å². The lowest BCUT2D eigenvalue weighted by Crippen LogP contribution is -2.35. The number of pyridine rings is 1. The number of imidazole rings is 1. The van der Waals surface area contributed by atoms with Crippen LogP contribution in [0.25, 0.3) is 10.9 Å². The van der Waals surface area contributed by atoms with Gasteiger partial charge in [-0.15, -0.1) is 0 Å². The smallest absolute Gasteiger partial charge is 0.254 e. The number of carbonyl (C=O) groups is 1. The van der Waals surface area contributed by atoms with Gasteiger partial charge in [0.15, 0.2) is 5.15 Å². The van der Waals surface area contributed by atoms with Crippen LogP contribution in [-0.2, 0) is 24.9 Å². The number of rotatable bonds is 4. The number of fused-ring (bicyclic) bond motifs is 1. The second kappa shape index (κ2) is 13.4. The van der Waals surface area contributed by atoms with Crippen LogP contribution in [0.5, 0.6) is 0 Å². The van der Waals surface area contributed by atoms with Crippen molar-refractivity contribution in [2.24, 2.45) is 12.8 Å². The number of primary amides is 1. The van der Waals surface area contributed by atoms with Crippen molar-refractivity contribution in [1.29, 1.82) is 0 Å². The van der Waals surface area contributed by atoms with E-state index in [4.69, 9.17) is 45.3 Å². The van der Waals surface area contributed by atoms with Crippen LogP contribution < -0.4 is 11.2 Å². The lowest BCUT2D eigenvalue weighted by atomic mass is 10.0. The van der Waals surface area contributed by atoms with Gasteiger partial charge in [0.1, 0.15) is 10.7 Å². The number of aryl methyl sites for hydroxylation is 2. The summed E-state index contributed by atoms with van der Waals surface area (Å²) in [7, 11) is 1.76. The minimum absolute atomic E-state index is 0.0535. The first-order valence-corrected chi connectivity index (χ1v) is 13.6. The molecular formula is C29H28Cl3N5O3. The maximum atomic E-state index is 13.0. The number of hydrogen-bond donors (Lipinski definition) is 1. The zero-order valence-corrected chi connectivity index (χ0v) is 24.4. The fourth-order valence-electron chi connectivity index (χ4n) is 4.30. The molecule has 8 nitrogen and oxygen atoms in total. The van der Waals surface area contributed by atoms with E-state index in [1.165, 1.54) is 18.1 Å². The summed E-state index contributed by atoms with van der Waals surface area (Å²) in [4.78, 5) is 31.0. The monoisotopic (exact) mass is 599 g/mol. The van der Waals surface area contributed by atoms with Gasteiger partial charge in [-0.1, -0.05) is 64.3 Å². The number of halogens is 3. The summed E-state index contributed by atoms with van der Waals surface area (Å²) in [5, 5.41) is 1.73. The Labute approximate surface area is 247 Å². The highest BCUT2D eigenvalue weighted by molar-refractivity contribution is 6.40. The van der Waals surface area contributed by atoms with Crippen LogP contribution in [0.15, 0.2) is 53.7 Å². The molecule has 1 fully saturated rings. The normalized spacial score (nSPS) is 13.3. The Morgan fingerprint density at radius 3 is 2.42 bits per heavy atom. The average Bonchev–Trinajstić information content (AvgIpc) is 3.25. The highest BCUT2D eigenvalue weighted by Crippen LogP contribution is 2.21. The molecule has 0 atom stereocenters. The third kappa shape index (κ3) is 7.25. The van der Waals surface area contributed by atoms with Gasteiger partial charge in [-0.05, 0) is 36.8 Å². The number of nitrogens with two attached hydrogens (primary N) is 1. The standard InChI is InChI=1S/C22H21Cl2N5O3.C7H7Cl/c1-27-12-17(22(25)31)19(30)16-10-14(11-28-5-7-32-8-6-28)9-15(18(16)27)3-2-4-29-13-26-20(23)21(29)24;1-6-2-4-7(8)5-3-6/h9-10,12-13H,4-8,11H2,1H3,(H2,25,31);2-5H,1H3. The number of benzene rings is 2. The molecule has 40 heavy (non-hydrogen) atoms. The van der Waals surface area contributed by atoms with Crippen LogP contribution >= 0.6 is 34.8 Å². The Hall–Kier alpha value is -3.32. The molecule has 1 aliphatic heterocycles. The second-order valence-electron chi connectivity index (χ2n) is 9.33. The molecule has 208 valence electrons. The van der Waals surface area contributed by atoms with Crippen molar-refractivity contribution in [3.63, 3.8) is 0 Å². The van der Waals surface area contributed by atoms with Gasteiger partial charge in [0.05, 0.1) is 31.6 Å². The van der Waals surface area contributed by atoms with Crippen molar-refractivity contribution in [1.82, 2.24) is 19.0 Å². The minimum atomic E-state index is -0.759. The van der Waals surface area contributed by atoms with Crippen LogP contribution in [0.2, 0.25) is 15.3 Å². The number of amides is 1. The van der Waals surface area contributed by atoms with E-state index in [2.05, 4.69) is 21.7 Å². The SMILES string of the molecule is Cc1ccc(Cl)cc1.Cn1cc(C(N)=O)c(=O)c2cc(CN3CCOCC3)cc(C#CCn3cnc(Cl)c3Cl)c21. The highest BCUT2D eigenvalue weighted by atomic mass is 35.5. The van der Waals surface area contributed by atoms with Gasteiger partial charge < -0.3 is 19.6 Å². The van der Waals surface area contributed by atoms with Crippen LogP contribution in [0, 0.1) is 18.8 Å². The minimum Gasteiger partial charge on any atom is -0.379 e.